The highest BCUT2D eigenvalue weighted by atomic mass is 35.5. The number of amides is 1. The van der Waals surface area contributed by atoms with E-state index in [1.807, 2.05) is 12.1 Å². The first-order chi connectivity index (χ1) is 11.2. The van der Waals surface area contributed by atoms with Crippen molar-refractivity contribution < 1.29 is 4.79 Å². The molecule has 142 valence electrons. The van der Waals surface area contributed by atoms with E-state index in [0.29, 0.717) is 12.5 Å². The number of likely N-dealkylation sites (tertiary alicyclic amines) is 1. The molecule has 2 atom stereocenters. The molecule has 0 aliphatic carbocycles. The van der Waals surface area contributed by atoms with Crippen LogP contribution in [0.3, 0.4) is 0 Å². The lowest BCUT2D eigenvalue weighted by molar-refractivity contribution is -0.116. The second-order valence-electron chi connectivity index (χ2n) is 7.23. The van der Waals surface area contributed by atoms with E-state index in [-0.39, 0.29) is 30.7 Å². The summed E-state index contributed by atoms with van der Waals surface area (Å²) in [6.45, 7) is 6.81. The van der Waals surface area contributed by atoms with Crippen LogP contribution in [0, 0.1) is 5.92 Å². The number of benzene rings is 1. The Hall–Kier alpha value is -0.810. The SMILES string of the molecule is CC1CCCN(Cc2ccc(NC(=O)CC3CCCN3)cc2)C1.Cl.Cl. The average molecular weight is 388 g/mol. The van der Waals surface area contributed by atoms with Gasteiger partial charge in [-0.1, -0.05) is 19.1 Å². The van der Waals surface area contributed by atoms with Gasteiger partial charge in [0.1, 0.15) is 0 Å². The Labute approximate surface area is 163 Å². The zero-order valence-electron chi connectivity index (χ0n) is 15.0. The molecule has 2 aliphatic heterocycles. The van der Waals surface area contributed by atoms with Gasteiger partial charge in [-0.05, 0) is 62.4 Å². The molecule has 1 aromatic carbocycles. The van der Waals surface area contributed by atoms with Gasteiger partial charge in [-0.15, -0.1) is 24.8 Å². The first-order valence-corrected chi connectivity index (χ1v) is 9.03. The van der Waals surface area contributed by atoms with Crippen LogP contribution in [0.1, 0.15) is 44.6 Å². The van der Waals surface area contributed by atoms with Gasteiger partial charge in [-0.25, -0.2) is 0 Å². The minimum absolute atomic E-state index is 0. The Morgan fingerprint density at radius 2 is 1.96 bits per heavy atom. The van der Waals surface area contributed by atoms with E-state index in [1.54, 1.807) is 0 Å². The predicted molar refractivity (Wildman–Crippen MR) is 109 cm³/mol. The third-order valence-electron chi connectivity index (χ3n) is 4.98. The highest BCUT2D eigenvalue weighted by Gasteiger charge is 2.18. The smallest absolute Gasteiger partial charge is 0.225 e. The van der Waals surface area contributed by atoms with Crippen molar-refractivity contribution in [3.8, 4) is 0 Å². The number of halogens is 2. The minimum atomic E-state index is 0. The quantitative estimate of drug-likeness (QED) is 0.806. The monoisotopic (exact) mass is 387 g/mol. The maximum Gasteiger partial charge on any atom is 0.225 e. The highest BCUT2D eigenvalue weighted by molar-refractivity contribution is 5.91. The molecule has 2 unspecified atom stereocenters. The molecule has 2 saturated heterocycles. The minimum Gasteiger partial charge on any atom is -0.326 e. The molecule has 1 aromatic rings. The van der Waals surface area contributed by atoms with Crippen molar-refractivity contribution in [2.45, 2.75) is 51.6 Å². The number of hydrogen-bond acceptors (Lipinski definition) is 3. The lowest BCUT2D eigenvalue weighted by Gasteiger charge is -2.30. The van der Waals surface area contributed by atoms with Gasteiger partial charge in [-0.2, -0.15) is 0 Å². The maximum absolute atomic E-state index is 12.0. The summed E-state index contributed by atoms with van der Waals surface area (Å²) < 4.78 is 0. The molecule has 2 heterocycles. The summed E-state index contributed by atoms with van der Waals surface area (Å²) in [5, 5.41) is 6.38. The fourth-order valence-electron chi connectivity index (χ4n) is 3.75. The molecule has 0 bridgehead atoms. The van der Waals surface area contributed by atoms with Gasteiger partial charge in [0.05, 0.1) is 0 Å². The van der Waals surface area contributed by atoms with Crippen molar-refractivity contribution in [2.24, 2.45) is 5.92 Å². The molecule has 0 spiro atoms. The molecule has 2 fully saturated rings. The van der Waals surface area contributed by atoms with Gasteiger partial charge >= 0.3 is 0 Å². The standard InChI is InChI=1S/C19H29N3O.2ClH/c1-15-4-3-11-22(13-15)14-16-6-8-17(9-7-16)21-19(23)12-18-5-2-10-20-18;;/h6-9,15,18,20H,2-5,10-14H2,1H3,(H,21,23);2*1H. The second-order valence-corrected chi connectivity index (χ2v) is 7.23. The number of anilines is 1. The van der Waals surface area contributed by atoms with E-state index in [4.69, 9.17) is 0 Å². The predicted octanol–water partition coefficient (Wildman–Crippen LogP) is 3.84. The molecule has 0 radical (unpaired) electrons. The Morgan fingerprint density at radius 3 is 2.60 bits per heavy atom. The fraction of sp³-hybridized carbons (Fsp3) is 0.632. The molecule has 6 heteroatoms. The Kier molecular flexibility index (Phi) is 9.80. The first-order valence-electron chi connectivity index (χ1n) is 9.03. The number of piperidine rings is 1. The third-order valence-corrected chi connectivity index (χ3v) is 4.98. The van der Waals surface area contributed by atoms with E-state index in [9.17, 15) is 4.79 Å². The summed E-state index contributed by atoms with van der Waals surface area (Å²) >= 11 is 0. The topological polar surface area (TPSA) is 44.4 Å². The molecule has 25 heavy (non-hydrogen) atoms. The number of rotatable bonds is 5. The molecular weight excluding hydrogens is 357 g/mol. The summed E-state index contributed by atoms with van der Waals surface area (Å²) in [6.07, 6.45) is 5.54. The van der Waals surface area contributed by atoms with E-state index in [2.05, 4.69) is 34.6 Å². The molecule has 4 nitrogen and oxygen atoms in total. The van der Waals surface area contributed by atoms with Crippen LogP contribution in [0.5, 0.6) is 0 Å². The number of carbonyl (C=O) groups is 1. The van der Waals surface area contributed by atoms with E-state index in [1.165, 1.54) is 37.9 Å². The van der Waals surface area contributed by atoms with Gasteiger partial charge < -0.3 is 10.6 Å². The third kappa shape index (κ3) is 7.14. The molecule has 2 N–H and O–H groups in total. The van der Waals surface area contributed by atoms with Crippen LogP contribution in [0.25, 0.3) is 0 Å². The van der Waals surface area contributed by atoms with Gasteiger partial charge in [0.15, 0.2) is 0 Å². The average Bonchev–Trinajstić information content (AvgIpc) is 3.02. The highest BCUT2D eigenvalue weighted by Crippen LogP contribution is 2.19. The number of nitrogens with zero attached hydrogens (tertiary/aromatic N) is 1. The van der Waals surface area contributed by atoms with Gasteiger partial charge in [0, 0.05) is 31.2 Å². The second kappa shape index (κ2) is 11.0. The van der Waals surface area contributed by atoms with Gasteiger partial charge in [0.25, 0.3) is 0 Å². The zero-order chi connectivity index (χ0) is 16.1. The van der Waals surface area contributed by atoms with Crippen LogP contribution in [0.15, 0.2) is 24.3 Å². The van der Waals surface area contributed by atoms with E-state index >= 15 is 0 Å². The lowest BCUT2D eigenvalue weighted by atomic mass is 10.00. The summed E-state index contributed by atoms with van der Waals surface area (Å²) in [5.74, 6) is 0.925. The molecule has 0 saturated carbocycles. The van der Waals surface area contributed by atoms with Crippen molar-refractivity contribution in [3.63, 3.8) is 0 Å². The molecule has 3 rings (SSSR count). The normalized spacial score (nSPS) is 23.4. The van der Waals surface area contributed by atoms with Crippen molar-refractivity contribution in [1.29, 1.82) is 0 Å². The van der Waals surface area contributed by atoms with Crippen LogP contribution in [0.2, 0.25) is 0 Å². The molecule has 0 aromatic heterocycles. The van der Waals surface area contributed by atoms with Crippen LogP contribution in [-0.4, -0.2) is 36.5 Å². The van der Waals surface area contributed by atoms with Crippen LogP contribution < -0.4 is 10.6 Å². The van der Waals surface area contributed by atoms with E-state index < -0.39 is 0 Å². The maximum atomic E-state index is 12.0. The molecule has 1 amide bonds. The lowest BCUT2D eigenvalue weighted by Crippen LogP contribution is -2.33. The fourth-order valence-corrected chi connectivity index (χ4v) is 3.75. The first kappa shape index (κ1) is 22.2. The summed E-state index contributed by atoms with van der Waals surface area (Å²) in [7, 11) is 0. The Morgan fingerprint density at radius 1 is 1.20 bits per heavy atom. The summed E-state index contributed by atoms with van der Waals surface area (Å²) in [4.78, 5) is 14.6. The molecular formula is C19H31Cl2N3O. The van der Waals surface area contributed by atoms with Crippen LogP contribution in [-0.2, 0) is 11.3 Å². The van der Waals surface area contributed by atoms with Crippen molar-refractivity contribution >= 4 is 36.4 Å². The Bertz CT molecular complexity index is 518. The van der Waals surface area contributed by atoms with Gasteiger partial charge in [-0.3, -0.25) is 9.69 Å². The largest absolute Gasteiger partial charge is 0.326 e. The number of hydrogen-bond donors (Lipinski definition) is 2. The number of nitrogens with one attached hydrogen (secondary N) is 2. The Balaban J connectivity index is 0.00000156. The van der Waals surface area contributed by atoms with E-state index in [0.717, 1.165) is 31.1 Å². The van der Waals surface area contributed by atoms with Crippen LogP contribution >= 0.6 is 24.8 Å². The van der Waals surface area contributed by atoms with Crippen LogP contribution in [0.4, 0.5) is 5.69 Å². The summed E-state index contributed by atoms with van der Waals surface area (Å²) in [5.41, 5.74) is 2.23. The molecule has 2 aliphatic rings. The van der Waals surface area contributed by atoms with Crippen molar-refractivity contribution in [1.82, 2.24) is 10.2 Å². The number of carbonyl (C=O) groups excluding carboxylic acids is 1. The summed E-state index contributed by atoms with van der Waals surface area (Å²) in [6, 6.07) is 8.70. The van der Waals surface area contributed by atoms with Crippen molar-refractivity contribution in [2.75, 3.05) is 25.0 Å². The zero-order valence-corrected chi connectivity index (χ0v) is 16.6. The van der Waals surface area contributed by atoms with Crippen molar-refractivity contribution in [3.05, 3.63) is 29.8 Å². The van der Waals surface area contributed by atoms with Gasteiger partial charge in [0.2, 0.25) is 5.91 Å².